The van der Waals surface area contributed by atoms with Crippen LogP contribution in [0.3, 0.4) is 0 Å². The summed E-state index contributed by atoms with van der Waals surface area (Å²) in [5.41, 5.74) is -0.810. The summed E-state index contributed by atoms with van der Waals surface area (Å²) in [6.07, 6.45) is 1.79. The number of nitrogens with zero attached hydrogens (tertiary/aromatic N) is 1. The molecule has 1 aliphatic heterocycles. The number of aliphatic hydroxyl groups is 1. The molecular formula is C12H23N3O2. The Hall–Kier alpha value is -0.650. The van der Waals surface area contributed by atoms with Gasteiger partial charge in [0.25, 0.3) is 0 Å². The van der Waals surface area contributed by atoms with Crippen molar-refractivity contribution in [2.24, 2.45) is 0 Å². The second-order valence-corrected chi connectivity index (χ2v) is 5.69. The molecule has 5 nitrogen and oxygen atoms in total. The Labute approximate surface area is 103 Å². The highest BCUT2D eigenvalue weighted by Gasteiger charge is 2.47. The summed E-state index contributed by atoms with van der Waals surface area (Å²) in [6.45, 7) is 7.63. The van der Waals surface area contributed by atoms with Gasteiger partial charge in [-0.05, 0) is 26.7 Å². The van der Waals surface area contributed by atoms with E-state index in [1.54, 1.807) is 0 Å². The van der Waals surface area contributed by atoms with Gasteiger partial charge in [0.15, 0.2) is 0 Å². The summed E-state index contributed by atoms with van der Waals surface area (Å²) in [4.78, 5) is 14.5. The van der Waals surface area contributed by atoms with Gasteiger partial charge < -0.3 is 15.7 Å². The van der Waals surface area contributed by atoms with Crippen molar-refractivity contribution in [2.45, 2.75) is 37.8 Å². The molecule has 98 valence electrons. The van der Waals surface area contributed by atoms with Crippen molar-refractivity contribution in [3.05, 3.63) is 0 Å². The molecule has 0 bridgehead atoms. The molecule has 2 aliphatic rings. The number of nitrogens with one attached hydrogen (secondary N) is 2. The van der Waals surface area contributed by atoms with Crippen LogP contribution in [0, 0.1) is 0 Å². The van der Waals surface area contributed by atoms with Gasteiger partial charge in [0.05, 0.1) is 17.7 Å². The molecule has 17 heavy (non-hydrogen) atoms. The van der Waals surface area contributed by atoms with Crippen molar-refractivity contribution in [1.29, 1.82) is 0 Å². The lowest BCUT2D eigenvalue weighted by Gasteiger charge is -2.40. The second kappa shape index (κ2) is 4.55. The summed E-state index contributed by atoms with van der Waals surface area (Å²) in [6, 6.07) is 0. The third-order valence-corrected chi connectivity index (χ3v) is 4.00. The lowest BCUT2D eigenvalue weighted by atomic mass is 9.99. The van der Waals surface area contributed by atoms with Gasteiger partial charge in [-0.25, -0.2) is 0 Å². The minimum absolute atomic E-state index is 0.0333. The minimum Gasteiger partial charge on any atom is -0.394 e. The Morgan fingerprint density at radius 3 is 2.47 bits per heavy atom. The van der Waals surface area contributed by atoms with Gasteiger partial charge in [-0.15, -0.1) is 0 Å². The van der Waals surface area contributed by atoms with E-state index in [9.17, 15) is 9.90 Å². The van der Waals surface area contributed by atoms with Crippen LogP contribution in [-0.4, -0.2) is 59.8 Å². The SMILES string of the molecule is CC(C)(C(=O)NC1(CO)CC1)N1CCNCC1. The molecule has 0 radical (unpaired) electrons. The number of hydrogen-bond acceptors (Lipinski definition) is 4. The van der Waals surface area contributed by atoms with E-state index in [0.29, 0.717) is 0 Å². The summed E-state index contributed by atoms with van der Waals surface area (Å²) in [5.74, 6) is 0.0333. The molecule has 1 saturated heterocycles. The van der Waals surface area contributed by atoms with Crippen LogP contribution in [0.2, 0.25) is 0 Å². The molecule has 1 heterocycles. The lowest BCUT2D eigenvalue weighted by molar-refractivity contribution is -0.133. The van der Waals surface area contributed by atoms with E-state index in [4.69, 9.17) is 0 Å². The van der Waals surface area contributed by atoms with Gasteiger partial charge in [0.1, 0.15) is 0 Å². The highest BCUT2D eigenvalue weighted by Crippen LogP contribution is 2.35. The Morgan fingerprint density at radius 1 is 1.41 bits per heavy atom. The number of aliphatic hydroxyl groups excluding tert-OH is 1. The van der Waals surface area contributed by atoms with E-state index in [0.717, 1.165) is 39.0 Å². The molecule has 0 atom stereocenters. The standard InChI is InChI=1S/C12H23N3O2/c1-11(2,15-7-5-13-6-8-15)10(17)14-12(9-16)3-4-12/h13,16H,3-9H2,1-2H3,(H,14,17). The third kappa shape index (κ3) is 2.61. The molecule has 5 heteroatoms. The molecule has 1 amide bonds. The highest BCUT2D eigenvalue weighted by atomic mass is 16.3. The fraction of sp³-hybridized carbons (Fsp3) is 0.917. The number of hydrogen-bond donors (Lipinski definition) is 3. The van der Waals surface area contributed by atoms with E-state index in [1.807, 2.05) is 13.8 Å². The Kier molecular flexibility index (Phi) is 3.43. The summed E-state index contributed by atoms with van der Waals surface area (Å²) < 4.78 is 0. The van der Waals surface area contributed by atoms with Crippen LogP contribution in [0.1, 0.15) is 26.7 Å². The summed E-state index contributed by atoms with van der Waals surface area (Å²) in [7, 11) is 0. The first-order chi connectivity index (χ1) is 8.00. The number of amides is 1. The van der Waals surface area contributed by atoms with E-state index < -0.39 is 5.54 Å². The van der Waals surface area contributed by atoms with E-state index in [-0.39, 0.29) is 18.1 Å². The van der Waals surface area contributed by atoms with Crippen molar-refractivity contribution in [1.82, 2.24) is 15.5 Å². The van der Waals surface area contributed by atoms with Crippen molar-refractivity contribution in [3.8, 4) is 0 Å². The quantitative estimate of drug-likeness (QED) is 0.610. The van der Waals surface area contributed by atoms with Gasteiger partial charge in [0, 0.05) is 26.2 Å². The van der Waals surface area contributed by atoms with Gasteiger partial charge in [-0.1, -0.05) is 0 Å². The highest BCUT2D eigenvalue weighted by molar-refractivity contribution is 5.86. The van der Waals surface area contributed by atoms with Crippen molar-refractivity contribution in [3.63, 3.8) is 0 Å². The maximum Gasteiger partial charge on any atom is 0.240 e. The minimum atomic E-state index is -0.493. The van der Waals surface area contributed by atoms with E-state index in [1.165, 1.54) is 0 Å². The second-order valence-electron chi connectivity index (χ2n) is 5.69. The molecule has 0 aromatic rings. The van der Waals surface area contributed by atoms with Crippen molar-refractivity contribution in [2.75, 3.05) is 32.8 Å². The van der Waals surface area contributed by atoms with Crippen LogP contribution in [0.15, 0.2) is 0 Å². The van der Waals surface area contributed by atoms with Crippen molar-refractivity contribution < 1.29 is 9.90 Å². The fourth-order valence-electron chi connectivity index (χ4n) is 2.23. The average molecular weight is 241 g/mol. The molecule has 1 saturated carbocycles. The first-order valence-electron chi connectivity index (χ1n) is 6.39. The Morgan fingerprint density at radius 2 is 2.00 bits per heavy atom. The monoisotopic (exact) mass is 241 g/mol. The number of piperazine rings is 1. The smallest absolute Gasteiger partial charge is 0.240 e. The summed E-state index contributed by atoms with van der Waals surface area (Å²) in [5, 5.41) is 15.5. The van der Waals surface area contributed by atoms with Crippen LogP contribution in [-0.2, 0) is 4.79 Å². The zero-order valence-electron chi connectivity index (χ0n) is 10.8. The Balaban J connectivity index is 1.96. The zero-order valence-corrected chi connectivity index (χ0v) is 10.8. The normalized spacial score (nSPS) is 24.4. The van der Waals surface area contributed by atoms with Gasteiger partial charge >= 0.3 is 0 Å². The van der Waals surface area contributed by atoms with Crippen LogP contribution in [0.4, 0.5) is 0 Å². The number of rotatable bonds is 4. The first-order valence-corrected chi connectivity index (χ1v) is 6.39. The van der Waals surface area contributed by atoms with Gasteiger partial charge in [-0.2, -0.15) is 0 Å². The largest absolute Gasteiger partial charge is 0.394 e. The number of carbonyl (C=O) groups is 1. The van der Waals surface area contributed by atoms with Gasteiger partial charge in [-0.3, -0.25) is 9.69 Å². The molecule has 0 aromatic carbocycles. The zero-order chi connectivity index (χ0) is 12.5. The van der Waals surface area contributed by atoms with Crippen LogP contribution in [0.5, 0.6) is 0 Å². The van der Waals surface area contributed by atoms with Crippen LogP contribution in [0.25, 0.3) is 0 Å². The molecule has 3 N–H and O–H groups in total. The van der Waals surface area contributed by atoms with Crippen molar-refractivity contribution >= 4 is 5.91 Å². The topological polar surface area (TPSA) is 64.6 Å². The lowest BCUT2D eigenvalue weighted by Crippen LogP contribution is -2.61. The molecule has 2 rings (SSSR count). The maximum atomic E-state index is 12.3. The van der Waals surface area contributed by atoms with Crippen LogP contribution >= 0.6 is 0 Å². The number of carbonyl (C=O) groups excluding carboxylic acids is 1. The van der Waals surface area contributed by atoms with Gasteiger partial charge in [0.2, 0.25) is 5.91 Å². The molecular weight excluding hydrogens is 218 g/mol. The fourth-order valence-corrected chi connectivity index (χ4v) is 2.23. The first kappa shape index (κ1) is 12.8. The molecule has 2 fully saturated rings. The molecule has 0 unspecified atom stereocenters. The van der Waals surface area contributed by atoms with E-state index >= 15 is 0 Å². The predicted molar refractivity (Wildman–Crippen MR) is 65.7 cm³/mol. The predicted octanol–water partition coefficient (Wildman–Crippen LogP) is -0.689. The van der Waals surface area contributed by atoms with Crippen LogP contribution < -0.4 is 10.6 Å². The summed E-state index contributed by atoms with van der Waals surface area (Å²) >= 11 is 0. The van der Waals surface area contributed by atoms with E-state index in [2.05, 4.69) is 15.5 Å². The average Bonchev–Trinajstić information content (AvgIpc) is 3.10. The Bertz CT molecular complexity index is 294. The molecule has 1 aliphatic carbocycles. The molecule has 0 aromatic heterocycles. The maximum absolute atomic E-state index is 12.3. The third-order valence-electron chi connectivity index (χ3n) is 4.00. The molecule has 0 spiro atoms.